The van der Waals surface area contributed by atoms with Gasteiger partial charge in [0, 0.05) is 28.9 Å². The van der Waals surface area contributed by atoms with Gasteiger partial charge in [0.1, 0.15) is 11.1 Å². The first kappa shape index (κ1) is 28.1. The molecule has 0 aliphatic carbocycles. The molecule has 0 bridgehead atoms. The summed E-state index contributed by atoms with van der Waals surface area (Å²) >= 11 is 1.16. The SMILES string of the molecule is COc1ccc(-c2cc(-c3ccccc3)nc(SC(C)C(=O)Nc3ccc([N+](=O)[O-])cc3C)c2C#N)cc1OC. The summed E-state index contributed by atoms with van der Waals surface area (Å²) in [5.74, 6) is 0.747. The second kappa shape index (κ2) is 12.3. The number of pyridine rings is 1. The van der Waals surface area contributed by atoms with Gasteiger partial charge in [-0.1, -0.05) is 48.2 Å². The number of methoxy groups -OCH3 is 2. The van der Waals surface area contributed by atoms with Crippen LogP contribution < -0.4 is 14.8 Å². The molecule has 0 radical (unpaired) electrons. The summed E-state index contributed by atoms with van der Waals surface area (Å²) in [5, 5.41) is 23.9. The van der Waals surface area contributed by atoms with Crippen molar-refractivity contribution in [1.29, 1.82) is 5.26 Å². The fraction of sp³-hybridized carbons (Fsp3) is 0.167. The minimum atomic E-state index is -0.640. The Balaban J connectivity index is 1.73. The molecule has 0 aliphatic heterocycles. The number of nitro benzene ring substituents is 1. The molecule has 9 nitrogen and oxygen atoms in total. The molecule has 1 atom stereocenters. The predicted molar refractivity (Wildman–Crippen MR) is 155 cm³/mol. The Kier molecular flexibility index (Phi) is 8.67. The zero-order valence-electron chi connectivity index (χ0n) is 22.3. The van der Waals surface area contributed by atoms with E-state index in [4.69, 9.17) is 14.5 Å². The third-order valence-electron chi connectivity index (χ3n) is 6.20. The van der Waals surface area contributed by atoms with Crippen molar-refractivity contribution in [2.45, 2.75) is 24.1 Å². The van der Waals surface area contributed by atoms with Crippen LogP contribution in [0.2, 0.25) is 0 Å². The van der Waals surface area contributed by atoms with Crippen LogP contribution in [0.25, 0.3) is 22.4 Å². The normalized spacial score (nSPS) is 11.3. The van der Waals surface area contributed by atoms with E-state index in [0.29, 0.717) is 44.6 Å². The number of amides is 1. The van der Waals surface area contributed by atoms with Crippen LogP contribution in [0, 0.1) is 28.4 Å². The highest BCUT2D eigenvalue weighted by Crippen LogP contribution is 2.39. The lowest BCUT2D eigenvalue weighted by molar-refractivity contribution is -0.384. The maximum atomic E-state index is 13.1. The van der Waals surface area contributed by atoms with Crippen LogP contribution in [0.3, 0.4) is 0 Å². The fourth-order valence-corrected chi connectivity index (χ4v) is 4.99. The number of nitrogens with zero attached hydrogens (tertiary/aromatic N) is 3. The molecular formula is C30H26N4O5S. The number of ether oxygens (including phenoxy) is 2. The quantitative estimate of drug-likeness (QED) is 0.139. The predicted octanol–water partition coefficient (Wildman–Crippen LogP) is 6.64. The second-order valence-electron chi connectivity index (χ2n) is 8.79. The van der Waals surface area contributed by atoms with E-state index in [1.54, 1.807) is 40.2 Å². The summed E-state index contributed by atoms with van der Waals surface area (Å²) < 4.78 is 10.9. The summed E-state index contributed by atoms with van der Waals surface area (Å²) in [5.41, 5.74) is 4.18. The fourth-order valence-electron chi connectivity index (χ4n) is 4.06. The summed E-state index contributed by atoms with van der Waals surface area (Å²) in [6, 6.07) is 23.4. The van der Waals surface area contributed by atoms with Crippen LogP contribution in [0.5, 0.6) is 11.5 Å². The van der Waals surface area contributed by atoms with Crippen molar-refractivity contribution in [1.82, 2.24) is 4.98 Å². The molecule has 1 aromatic heterocycles. The van der Waals surface area contributed by atoms with Crippen molar-refractivity contribution in [3.8, 4) is 40.0 Å². The smallest absolute Gasteiger partial charge is 0.269 e. The number of nitro groups is 1. The van der Waals surface area contributed by atoms with Crippen molar-refractivity contribution >= 4 is 29.0 Å². The number of thioether (sulfide) groups is 1. The minimum Gasteiger partial charge on any atom is -0.493 e. The summed E-state index contributed by atoms with van der Waals surface area (Å²) in [6.07, 6.45) is 0. The summed E-state index contributed by atoms with van der Waals surface area (Å²) in [4.78, 5) is 28.5. The second-order valence-corrected chi connectivity index (χ2v) is 10.1. The Bertz CT molecular complexity index is 1620. The lowest BCUT2D eigenvalue weighted by atomic mass is 9.99. The van der Waals surface area contributed by atoms with E-state index in [9.17, 15) is 20.2 Å². The Hall–Kier alpha value is -4.88. The zero-order valence-corrected chi connectivity index (χ0v) is 23.1. The lowest BCUT2D eigenvalue weighted by Gasteiger charge is -2.17. The Labute approximate surface area is 235 Å². The van der Waals surface area contributed by atoms with Crippen LogP contribution >= 0.6 is 11.8 Å². The van der Waals surface area contributed by atoms with Gasteiger partial charge in [-0.05, 0) is 49.2 Å². The number of carbonyl (C=O) groups excluding carboxylic acids is 1. The van der Waals surface area contributed by atoms with Gasteiger partial charge in [-0.15, -0.1) is 0 Å². The molecule has 10 heteroatoms. The van der Waals surface area contributed by atoms with E-state index in [2.05, 4.69) is 11.4 Å². The first-order chi connectivity index (χ1) is 19.2. The van der Waals surface area contributed by atoms with Crippen molar-refractivity contribution in [2.75, 3.05) is 19.5 Å². The van der Waals surface area contributed by atoms with Gasteiger partial charge < -0.3 is 14.8 Å². The topological polar surface area (TPSA) is 127 Å². The number of aromatic nitrogens is 1. The first-order valence-electron chi connectivity index (χ1n) is 12.2. The van der Waals surface area contributed by atoms with Gasteiger partial charge in [-0.25, -0.2) is 4.98 Å². The highest BCUT2D eigenvalue weighted by molar-refractivity contribution is 8.00. The van der Waals surface area contributed by atoms with Crippen LogP contribution in [-0.4, -0.2) is 35.3 Å². The van der Waals surface area contributed by atoms with Crippen LogP contribution in [0.4, 0.5) is 11.4 Å². The van der Waals surface area contributed by atoms with Crippen molar-refractivity contribution in [3.63, 3.8) is 0 Å². The van der Waals surface area contributed by atoms with Crippen LogP contribution in [0.1, 0.15) is 18.1 Å². The van der Waals surface area contributed by atoms with Crippen LogP contribution in [-0.2, 0) is 4.79 Å². The highest BCUT2D eigenvalue weighted by Gasteiger charge is 2.23. The third-order valence-corrected chi connectivity index (χ3v) is 7.28. The minimum absolute atomic E-state index is 0.0544. The maximum Gasteiger partial charge on any atom is 0.269 e. The number of aryl methyl sites for hydroxylation is 1. The van der Waals surface area contributed by atoms with Crippen molar-refractivity contribution in [3.05, 3.63) is 94.0 Å². The number of hydrogen-bond acceptors (Lipinski definition) is 8. The molecule has 3 aromatic carbocycles. The number of nitriles is 1. The lowest BCUT2D eigenvalue weighted by Crippen LogP contribution is -2.23. The Morgan fingerprint density at radius 1 is 1.02 bits per heavy atom. The Morgan fingerprint density at radius 2 is 1.75 bits per heavy atom. The average molecular weight is 555 g/mol. The number of anilines is 1. The monoisotopic (exact) mass is 554 g/mol. The molecule has 0 spiro atoms. The van der Waals surface area contributed by atoms with Crippen molar-refractivity contribution < 1.29 is 19.2 Å². The molecule has 1 unspecified atom stereocenters. The molecule has 1 N–H and O–H groups in total. The van der Waals surface area contributed by atoms with Gasteiger partial charge in [0.2, 0.25) is 5.91 Å². The van der Waals surface area contributed by atoms with Gasteiger partial charge in [0.05, 0.1) is 35.7 Å². The van der Waals surface area contributed by atoms with Gasteiger partial charge in [-0.2, -0.15) is 5.26 Å². The number of benzene rings is 3. The van der Waals surface area contributed by atoms with Gasteiger partial charge in [0.25, 0.3) is 5.69 Å². The van der Waals surface area contributed by atoms with Crippen LogP contribution in [0.15, 0.2) is 77.8 Å². The molecule has 202 valence electrons. The maximum absolute atomic E-state index is 13.1. The van der Waals surface area contributed by atoms with Gasteiger partial charge >= 0.3 is 0 Å². The summed E-state index contributed by atoms with van der Waals surface area (Å²) in [6.45, 7) is 3.41. The Morgan fingerprint density at radius 3 is 2.38 bits per heavy atom. The molecule has 0 aliphatic rings. The van der Waals surface area contributed by atoms with E-state index in [1.807, 2.05) is 42.5 Å². The molecule has 0 saturated carbocycles. The molecular weight excluding hydrogens is 528 g/mol. The molecule has 0 fully saturated rings. The third kappa shape index (κ3) is 6.06. The first-order valence-corrected chi connectivity index (χ1v) is 13.1. The van der Waals surface area contributed by atoms with Gasteiger partial charge in [0.15, 0.2) is 11.5 Å². The highest BCUT2D eigenvalue weighted by atomic mass is 32.2. The molecule has 4 rings (SSSR count). The number of non-ortho nitro benzene ring substituents is 1. The average Bonchev–Trinajstić information content (AvgIpc) is 2.97. The molecule has 4 aromatic rings. The number of nitrogens with one attached hydrogen (secondary N) is 1. The number of rotatable bonds is 9. The zero-order chi connectivity index (χ0) is 28.8. The van der Waals surface area contributed by atoms with E-state index < -0.39 is 10.2 Å². The van der Waals surface area contributed by atoms with E-state index in [-0.39, 0.29) is 11.6 Å². The van der Waals surface area contributed by atoms with E-state index in [0.717, 1.165) is 22.9 Å². The molecule has 1 amide bonds. The molecule has 1 heterocycles. The number of carbonyl (C=O) groups is 1. The molecule has 40 heavy (non-hydrogen) atoms. The van der Waals surface area contributed by atoms with Gasteiger partial charge in [-0.3, -0.25) is 14.9 Å². The van der Waals surface area contributed by atoms with E-state index in [1.165, 1.54) is 18.2 Å². The standard InChI is InChI=1S/C30H26N4O5S/c1-18-14-22(34(36)37)11-12-25(18)32-29(35)19(2)40-30-24(17-31)23(16-26(33-30)20-8-6-5-7-9-20)21-10-13-27(38-3)28(15-21)39-4/h5-16,19H,1-4H3,(H,32,35). The van der Waals surface area contributed by atoms with Crippen molar-refractivity contribution in [2.24, 2.45) is 0 Å². The number of hydrogen-bond donors (Lipinski definition) is 1. The van der Waals surface area contributed by atoms with E-state index >= 15 is 0 Å². The largest absolute Gasteiger partial charge is 0.493 e. The summed E-state index contributed by atoms with van der Waals surface area (Å²) in [7, 11) is 3.10. The molecule has 0 saturated heterocycles.